The monoisotopic (exact) mass is 367 g/mol. The zero-order valence-electron chi connectivity index (χ0n) is 14.1. The van der Waals surface area contributed by atoms with Crippen molar-refractivity contribution in [3.63, 3.8) is 0 Å². The van der Waals surface area contributed by atoms with Crippen LogP contribution in [0.1, 0.15) is 44.2 Å². The first kappa shape index (κ1) is 17.7. The molecule has 5 nitrogen and oxygen atoms in total. The number of nitrogens with one attached hydrogen (secondary N) is 1. The van der Waals surface area contributed by atoms with Crippen LogP contribution < -0.4 is 5.32 Å². The maximum Gasteiger partial charge on any atom is 0.230 e. The molecule has 1 aromatic rings. The van der Waals surface area contributed by atoms with E-state index in [-0.39, 0.29) is 17.9 Å². The molecule has 3 rings (SSSR count). The molecule has 0 aromatic carbocycles. The van der Waals surface area contributed by atoms with Gasteiger partial charge in [-0.2, -0.15) is 0 Å². The lowest BCUT2D eigenvalue weighted by Crippen LogP contribution is -2.39. The highest BCUT2D eigenvalue weighted by Crippen LogP contribution is 2.26. The van der Waals surface area contributed by atoms with E-state index in [0.717, 1.165) is 16.6 Å². The fourth-order valence-corrected chi connectivity index (χ4v) is 5.18. The molecule has 2 aliphatic rings. The minimum Gasteiger partial charge on any atom is -0.350 e. The highest BCUT2D eigenvalue weighted by atomic mass is 32.2. The Kier molecular flexibility index (Phi) is 6.16. The first-order chi connectivity index (χ1) is 11.6. The summed E-state index contributed by atoms with van der Waals surface area (Å²) in [4.78, 5) is 30.6. The van der Waals surface area contributed by atoms with Crippen LogP contribution in [0.3, 0.4) is 0 Å². The normalized spacial score (nSPS) is 22.1. The van der Waals surface area contributed by atoms with E-state index in [9.17, 15) is 9.59 Å². The highest BCUT2D eigenvalue weighted by Gasteiger charge is 2.32. The first-order valence-electron chi connectivity index (χ1n) is 8.72. The molecule has 1 aromatic heterocycles. The van der Waals surface area contributed by atoms with Crippen molar-refractivity contribution < 1.29 is 9.59 Å². The van der Waals surface area contributed by atoms with Crippen LogP contribution in [-0.4, -0.2) is 46.6 Å². The topological polar surface area (TPSA) is 62.3 Å². The minimum atomic E-state index is -0.0350. The van der Waals surface area contributed by atoms with Crippen LogP contribution in [0.5, 0.6) is 0 Å². The standard InChI is InChI=1S/C17H25N3O2S2/c1-12-10-23-17(18-12)24-11-15(21)19-14-7-16(22)20(9-14)8-13-5-3-2-4-6-13/h10,13-14H,2-9,11H2,1H3,(H,19,21). The Balaban J connectivity index is 1.40. The summed E-state index contributed by atoms with van der Waals surface area (Å²) in [6, 6.07) is -0.0350. The van der Waals surface area contributed by atoms with E-state index in [0.29, 0.717) is 24.6 Å². The quantitative estimate of drug-likeness (QED) is 0.786. The lowest BCUT2D eigenvalue weighted by molar-refractivity contribution is -0.128. The summed E-state index contributed by atoms with van der Waals surface area (Å²) in [5.74, 6) is 1.19. The molecule has 1 saturated heterocycles. The summed E-state index contributed by atoms with van der Waals surface area (Å²) in [6.07, 6.45) is 6.84. The van der Waals surface area contributed by atoms with E-state index in [1.807, 2.05) is 17.2 Å². The van der Waals surface area contributed by atoms with Gasteiger partial charge < -0.3 is 10.2 Å². The molecule has 1 unspecified atom stereocenters. The lowest BCUT2D eigenvalue weighted by Gasteiger charge is -2.27. The molecule has 7 heteroatoms. The number of aromatic nitrogens is 1. The summed E-state index contributed by atoms with van der Waals surface area (Å²) in [7, 11) is 0. The van der Waals surface area contributed by atoms with Crippen molar-refractivity contribution in [1.29, 1.82) is 0 Å². The third-order valence-electron chi connectivity index (χ3n) is 4.71. The SMILES string of the molecule is Cc1csc(SCC(=O)NC2CC(=O)N(CC3CCCCC3)C2)n1. The first-order valence-corrected chi connectivity index (χ1v) is 10.6. The summed E-state index contributed by atoms with van der Waals surface area (Å²) in [5, 5.41) is 4.99. The maximum absolute atomic E-state index is 12.2. The van der Waals surface area contributed by atoms with Gasteiger partial charge in [-0.15, -0.1) is 11.3 Å². The predicted molar refractivity (Wildman–Crippen MR) is 97.3 cm³/mol. The van der Waals surface area contributed by atoms with Crippen molar-refractivity contribution in [2.75, 3.05) is 18.8 Å². The van der Waals surface area contributed by atoms with E-state index in [2.05, 4.69) is 10.3 Å². The molecule has 1 atom stereocenters. The number of carbonyl (C=O) groups excluding carboxylic acids is 2. The fourth-order valence-electron chi connectivity index (χ4n) is 3.52. The molecule has 24 heavy (non-hydrogen) atoms. The second-order valence-electron chi connectivity index (χ2n) is 6.81. The average Bonchev–Trinajstić information content (AvgIpc) is 3.12. The summed E-state index contributed by atoms with van der Waals surface area (Å²) in [5.41, 5.74) is 0.989. The molecule has 1 aliphatic heterocycles. The predicted octanol–water partition coefficient (Wildman–Crippen LogP) is 2.84. The number of thiazole rings is 1. The van der Waals surface area contributed by atoms with E-state index in [4.69, 9.17) is 0 Å². The van der Waals surface area contributed by atoms with Crippen LogP contribution >= 0.6 is 23.1 Å². The largest absolute Gasteiger partial charge is 0.350 e. The summed E-state index contributed by atoms with van der Waals surface area (Å²) >= 11 is 3.02. The Morgan fingerprint density at radius 1 is 1.42 bits per heavy atom. The number of hydrogen-bond donors (Lipinski definition) is 1. The molecule has 132 valence electrons. The fraction of sp³-hybridized carbons (Fsp3) is 0.706. The van der Waals surface area contributed by atoms with Gasteiger partial charge in [0.2, 0.25) is 11.8 Å². The number of nitrogens with zero attached hydrogens (tertiary/aromatic N) is 2. The van der Waals surface area contributed by atoms with Crippen molar-refractivity contribution in [3.05, 3.63) is 11.1 Å². The Morgan fingerprint density at radius 2 is 2.21 bits per heavy atom. The number of aryl methyl sites for hydroxylation is 1. The Labute approximate surface area is 151 Å². The molecule has 1 N–H and O–H groups in total. The zero-order valence-corrected chi connectivity index (χ0v) is 15.8. The van der Waals surface area contributed by atoms with Gasteiger partial charge in [-0.1, -0.05) is 31.0 Å². The van der Waals surface area contributed by atoms with Crippen LogP contribution in [0.15, 0.2) is 9.72 Å². The van der Waals surface area contributed by atoms with Gasteiger partial charge in [-0.05, 0) is 25.7 Å². The third-order valence-corrected chi connectivity index (χ3v) is 6.85. The van der Waals surface area contributed by atoms with Gasteiger partial charge in [0.05, 0.1) is 11.8 Å². The number of thioether (sulfide) groups is 1. The van der Waals surface area contributed by atoms with Gasteiger partial charge in [-0.25, -0.2) is 4.98 Å². The molecule has 2 amide bonds. The molecule has 0 radical (unpaired) electrons. The highest BCUT2D eigenvalue weighted by molar-refractivity contribution is 8.01. The minimum absolute atomic E-state index is 0.00910. The molecule has 0 spiro atoms. The zero-order chi connectivity index (χ0) is 16.9. The molecular formula is C17H25N3O2S2. The van der Waals surface area contributed by atoms with Crippen molar-refractivity contribution >= 4 is 34.9 Å². The molecular weight excluding hydrogens is 342 g/mol. The van der Waals surface area contributed by atoms with E-state index >= 15 is 0 Å². The number of rotatable bonds is 6. The number of hydrogen-bond acceptors (Lipinski definition) is 5. The Morgan fingerprint density at radius 3 is 2.92 bits per heavy atom. The van der Waals surface area contributed by atoms with Crippen molar-refractivity contribution in [3.8, 4) is 0 Å². The van der Waals surface area contributed by atoms with Crippen molar-refractivity contribution in [2.24, 2.45) is 5.92 Å². The van der Waals surface area contributed by atoms with E-state index in [1.54, 1.807) is 11.3 Å². The summed E-state index contributed by atoms with van der Waals surface area (Å²) in [6.45, 7) is 3.49. The number of amides is 2. The third kappa shape index (κ3) is 4.96. The molecule has 2 heterocycles. The Hall–Kier alpha value is -1.08. The number of carbonyl (C=O) groups is 2. The van der Waals surface area contributed by atoms with Crippen LogP contribution in [0.4, 0.5) is 0 Å². The number of likely N-dealkylation sites (tertiary alicyclic amines) is 1. The van der Waals surface area contributed by atoms with Gasteiger partial charge >= 0.3 is 0 Å². The van der Waals surface area contributed by atoms with Gasteiger partial charge in [0, 0.05) is 30.6 Å². The van der Waals surface area contributed by atoms with Crippen molar-refractivity contribution in [2.45, 2.75) is 55.8 Å². The van der Waals surface area contributed by atoms with Crippen LogP contribution in [0.25, 0.3) is 0 Å². The van der Waals surface area contributed by atoms with Gasteiger partial charge in [0.1, 0.15) is 0 Å². The molecule has 0 bridgehead atoms. The van der Waals surface area contributed by atoms with Crippen LogP contribution in [0.2, 0.25) is 0 Å². The van der Waals surface area contributed by atoms with Crippen LogP contribution in [-0.2, 0) is 9.59 Å². The lowest BCUT2D eigenvalue weighted by atomic mass is 9.89. The van der Waals surface area contributed by atoms with Crippen molar-refractivity contribution in [1.82, 2.24) is 15.2 Å². The van der Waals surface area contributed by atoms with Gasteiger partial charge in [0.15, 0.2) is 4.34 Å². The molecule has 2 fully saturated rings. The average molecular weight is 368 g/mol. The summed E-state index contributed by atoms with van der Waals surface area (Å²) < 4.78 is 0.920. The Bertz CT molecular complexity index is 584. The van der Waals surface area contributed by atoms with Gasteiger partial charge in [0.25, 0.3) is 0 Å². The molecule has 1 saturated carbocycles. The second kappa shape index (κ2) is 8.34. The smallest absolute Gasteiger partial charge is 0.230 e. The maximum atomic E-state index is 12.2. The molecule has 1 aliphatic carbocycles. The second-order valence-corrected chi connectivity index (χ2v) is 8.90. The van der Waals surface area contributed by atoms with E-state index in [1.165, 1.54) is 43.9 Å². The van der Waals surface area contributed by atoms with Crippen LogP contribution in [0, 0.1) is 12.8 Å². The van der Waals surface area contributed by atoms with E-state index < -0.39 is 0 Å². The van der Waals surface area contributed by atoms with Gasteiger partial charge in [-0.3, -0.25) is 9.59 Å².